The standard InChI is InChI=1S/C14H17ClFNO2/c15-13-7-12(16)3-2-11(13)9-17-6-5-10(8-17)1-4-14(18)19/h2-3,7,10H,1,4-6,8-9H2,(H,18,19). The van der Waals surface area contributed by atoms with Crippen LogP contribution in [0.3, 0.4) is 0 Å². The second-order valence-electron chi connectivity index (χ2n) is 5.06. The molecule has 1 saturated heterocycles. The zero-order valence-electron chi connectivity index (χ0n) is 10.6. The van der Waals surface area contributed by atoms with Gasteiger partial charge in [0.1, 0.15) is 5.82 Å². The topological polar surface area (TPSA) is 40.5 Å². The third-order valence-corrected chi connectivity index (χ3v) is 3.90. The van der Waals surface area contributed by atoms with Crippen molar-refractivity contribution < 1.29 is 14.3 Å². The van der Waals surface area contributed by atoms with Gasteiger partial charge in [-0.05, 0) is 43.0 Å². The first kappa shape index (κ1) is 14.3. The normalized spacial score (nSPS) is 19.8. The molecule has 0 bridgehead atoms. The van der Waals surface area contributed by atoms with E-state index in [4.69, 9.17) is 16.7 Å². The van der Waals surface area contributed by atoms with Gasteiger partial charge in [-0.2, -0.15) is 0 Å². The summed E-state index contributed by atoms with van der Waals surface area (Å²) >= 11 is 6.00. The van der Waals surface area contributed by atoms with Crippen molar-refractivity contribution in [3.05, 3.63) is 34.6 Å². The van der Waals surface area contributed by atoms with Crippen LogP contribution in [-0.4, -0.2) is 29.1 Å². The van der Waals surface area contributed by atoms with Crippen molar-refractivity contribution in [1.82, 2.24) is 4.90 Å². The van der Waals surface area contributed by atoms with Gasteiger partial charge in [0, 0.05) is 24.5 Å². The minimum absolute atomic E-state index is 0.232. The first-order chi connectivity index (χ1) is 9.04. The van der Waals surface area contributed by atoms with Crippen LogP contribution in [0.1, 0.15) is 24.8 Å². The molecule has 1 atom stereocenters. The van der Waals surface area contributed by atoms with Crippen molar-refractivity contribution in [1.29, 1.82) is 0 Å². The number of nitrogens with zero attached hydrogens (tertiary/aromatic N) is 1. The van der Waals surface area contributed by atoms with Crippen LogP contribution in [0.4, 0.5) is 4.39 Å². The minimum atomic E-state index is -0.736. The molecule has 0 amide bonds. The van der Waals surface area contributed by atoms with E-state index in [9.17, 15) is 9.18 Å². The summed E-state index contributed by atoms with van der Waals surface area (Å²) in [7, 11) is 0. The highest BCUT2D eigenvalue weighted by Crippen LogP contribution is 2.25. The first-order valence-corrected chi connectivity index (χ1v) is 6.80. The summed E-state index contributed by atoms with van der Waals surface area (Å²) in [5, 5.41) is 9.12. The molecule has 1 aliphatic heterocycles. The fourth-order valence-corrected chi connectivity index (χ4v) is 2.74. The summed E-state index contributed by atoms with van der Waals surface area (Å²) in [5.41, 5.74) is 0.918. The van der Waals surface area contributed by atoms with Crippen LogP contribution in [0.2, 0.25) is 5.02 Å². The Morgan fingerprint density at radius 3 is 3.00 bits per heavy atom. The summed E-state index contributed by atoms with van der Waals surface area (Å²) in [6.07, 6.45) is 1.98. The van der Waals surface area contributed by atoms with E-state index >= 15 is 0 Å². The summed E-state index contributed by atoms with van der Waals surface area (Å²) < 4.78 is 12.9. The quantitative estimate of drug-likeness (QED) is 0.903. The molecule has 0 spiro atoms. The first-order valence-electron chi connectivity index (χ1n) is 6.42. The Kier molecular flexibility index (Phi) is 4.77. The number of likely N-dealkylation sites (tertiary alicyclic amines) is 1. The van der Waals surface area contributed by atoms with Gasteiger partial charge >= 0.3 is 5.97 Å². The maximum atomic E-state index is 12.9. The van der Waals surface area contributed by atoms with E-state index in [1.807, 2.05) is 0 Å². The van der Waals surface area contributed by atoms with Crippen LogP contribution < -0.4 is 0 Å². The maximum absolute atomic E-state index is 12.9. The molecule has 19 heavy (non-hydrogen) atoms. The van der Waals surface area contributed by atoms with Crippen molar-refractivity contribution in [2.24, 2.45) is 5.92 Å². The van der Waals surface area contributed by atoms with Crippen molar-refractivity contribution in [2.45, 2.75) is 25.8 Å². The number of benzene rings is 1. The van der Waals surface area contributed by atoms with Gasteiger partial charge in [0.05, 0.1) is 0 Å². The third-order valence-electron chi connectivity index (χ3n) is 3.55. The largest absolute Gasteiger partial charge is 0.481 e. The van der Waals surface area contributed by atoms with Crippen molar-refractivity contribution in [2.75, 3.05) is 13.1 Å². The molecule has 0 radical (unpaired) electrons. The molecule has 0 aliphatic carbocycles. The molecule has 1 fully saturated rings. The van der Waals surface area contributed by atoms with E-state index in [0.717, 1.165) is 31.5 Å². The Labute approximate surface area is 117 Å². The van der Waals surface area contributed by atoms with Crippen LogP contribution in [0.5, 0.6) is 0 Å². The van der Waals surface area contributed by atoms with Gasteiger partial charge < -0.3 is 5.11 Å². The molecule has 1 aliphatic rings. The molecule has 5 heteroatoms. The fraction of sp³-hybridized carbons (Fsp3) is 0.500. The fourth-order valence-electron chi connectivity index (χ4n) is 2.51. The van der Waals surface area contributed by atoms with Crippen LogP contribution in [-0.2, 0) is 11.3 Å². The van der Waals surface area contributed by atoms with Crippen LogP contribution in [0.25, 0.3) is 0 Å². The lowest BCUT2D eigenvalue weighted by Gasteiger charge is -2.16. The Morgan fingerprint density at radius 1 is 1.53 bits per heavy atom. The molecule has 3 nitrogen and oxygen atoms in total. The lowest BCUT2D eigenvalue weighted by Crippen LogP contribution is -2.20. The highest BCUT2D eigenvalue weighted by atomic mass is 35.5. The van der Waals surface area contributed by atoms with Gasteiger partial charge in [-0.25, -0.2) is 4.39 Å². The summed E-state index contributed by atoms with van der Waals surface area (Å²) in [5.74, 6) is -0.621. The average Bonchev–Trinajstić information content (AvgIpc) is 2.78. The zero-order valence-corrected chi connectivity index (χ0v) is 11.4. The number of aliphatic carboxylic acids is 1. The van der Waals surface area contributed by atoms with E-state index in [0.29, 0.717) is 17.5 Å². The number of hydrogen-bond donors (Lipinski definition) is 1. The zero-order chi connectivity index (χ0) is 13.8. The van der Waals surface area contributed by atoms with Gasteiger partial charge in [-0.3, -0.25) is 9.69 Å². The smallest absolute Gasteiger partial charge is 0.303 e. The Bertz CT molecular complexity index is 467. The molecule has 2 rings (SSSR count). The predicted molar refractivity (Wildman–Crippen MR) is 71.7 cm³/mol. The Balaban J connectivity index is 1.86. The van der Waals surface area contributed by atoms with Crippen LogP contribution >= 0.6 is 11.6 Å². The number of hydrogen-bond acceptors (Lipinski definition) is 2. The number of rotatable bonds is 5. The molecule has 1 aromatic rings. The Morgan fingerprint density at radius 2 is 2.32 bits per heavy atom. The second-order valence-corrected chi connectivity index (χ2v) is 5.47. The van der Waals surface area contributed by atoms with E-state index in [1.54, 1.807) is 6.07 Å². The summed E-state index contributed by atoms with van der Waals surface area (Å²) in [6.45, 7) is 2.53. The lowest BCUT2D eigenvalue weighted by atomic mass is 10.0. The molecule has 0 aromatic heterocycles. The predicted octanol–water partition coefficient (Wildman–Crippen LogP) is 3.17. The molecule has 0 saturated carbocycles. The molecule has 1 heterocycles. The van der Waals surface area contributed by atoms with Gasteiger partial charge in [-0.15, -0.1) is 0 Å². The monoisotopic (exact) mass is 285 g/mol. The highest BCUT2D eigenvalue weighted by molar-refractivity contribution is 6.31. The summed E-state index contributed by atoms with van der Waals surface area (Å²) in [4.78, 5) is 12.8. The van der Waals surface area contributed by atoms with Gasteiger partial charge in [0.2, 0.25) is 0 Å². The SMILES string of the molecule is O=C(O)CCC1CCN(Cc2ccc(F)cc2Cl)C1. The van der Waals surface area contributed by atoms with Crippen molar-refractivity contribution in [3.8, 4) is 0 Å². The number of carboxylic acids is 1. The minimum Gasteiger partial charge on any atom is -0.481 e. The van der Waals surface area contributed by atoms with Crippen LogP contribution in [0, 0.1) is 11.7 Å². The second kappa shape index (κ2) is 6.35. The van der Waals surface area contributed by atoms with Gasteiger partial charge in [0.25, 0.3) is 0 Å². The third kappa shape index (κ3) is 4.18. The van der Waals surface area contributed by atoms with Crippen molar-refractivity contribution >= 4 is 17.6 Å². The number of halogens is 2. The van der Waals surface area contributed by atoms with E-state index < -0.39 is 5.97 Å². The van der Waals surface area contributed by atoms with E-state index in [1.165, 1.54) is 12.1 Å². The van der Waals surface area contributed by atoms with E-state index in [2.05, 4.69) is 4.90 Å². The maximum Gasteiger partial charge on any atom is 0.303 e. The number of carbonyl (C=O) groups is 1. The molecular weight excluding hydrogens is 269 g/mol. The van der Waals surface area contributed by atoms with Crippen LogP contribution in [0.15, 0.2) is 18.2 Å². The molecular formula is C14H17ClFNO2. The average molecular weight is 286 g/mol. The molecule has 1 N–H and O–H groups in total. The molecule has 1 unspecified atom stereocenters. The van der Waals surface area contributed by atoms with Crippen molar-refractivity contribution in [3.63, 3.8) is 0 Å². The Hall–Kier alpha value is -1.13. The lowest BCUT2D eigenvalue weighted by molar-refractivity contribution is -0.137. The van der Waals surface area contributed by atoms with Gasteiger partial charge in [-0.1, -0.05) is 17.7 Å². The molecule has 1 aromatic carbocycles. The number of carboxylic acid groups (broad SMARTS) is 1. The van der Waals surface area contributed by atoms with Gasteiger partial charge in [0.15, 0.2) is 0 Å². The van der Waals surface area contributed by atoms with E-state index in [-0.39, 0.29) is 12.2 Å². The molecule has 104 valence electrons. The summed E-state index contributed by atoms with van der Waals surface area (Å²) in [6, 6.07) is 4.45. The highest BCUT2D eigenvalue weighted by Gasteiger charge is 2.23.